The molecule has 0 aliphatic rings. The summed E-state index contributed by atoms with van der Waals surface area (Å²) in [5.41, 5.74) is 9.58. The number of aromatic nitrogens is 3. The number of benzene rings is 2. The second-order valence-electron chi connectivity index (χ2n) is 10.4. The Bertz CT molecular complexity index is 1540. The Hall–Kier alpha value is -4.25. The van der Waals surface area contributed by atoms with Gasteiger partial charge in [0.1, 0.15) is 18.1 Å². The van der Waals surface area contributed by atoms with Crippen molar-refractivity contribution in [2.45, 2.75) is 59.5 Å². The van der Waals surface area contributed by atoms with Gasteiger partial charge in [0, 0.05) is 34.5 Å². The first kappa shape index (κ1) is 26.4. The molecule has 5 heteroatoms. The van der Waals surface area contributed by atoms with Crippen LogP contribution in [-0.2, 0) is 13.0 Å². The summed E-state index contributed by atoms with van der Waals surface area (Å²) in [5, 5.41) is 4.16. The summed E-state index contributed by atoms with van der Waals surface area (Å²) in [7, 11) is 0. The Balaban J connectivity index is 1.39. The molecule has 39 heavy (non-hydrogen) atoms. The quantitative estimate of drug-likeness (QED) is 0.196. The Morgan fingerprint density at radius 1 is 0.821 bits per heavy atom. The first-order chi connectivity index (χ1) is 18.9. The molecule has 0 saturated heterocycles. The highest BCUT2D eigenvalue weighted by molar-refractivity contribution is 5.70. The van der Waals surface area contributed by atoms with Crippen molar-refractivity contribution >= 4 is 0 Å². The maximum atomic E-state index is 6.10. The van der Waals surface area contributed by atoms with Crippen molar-refractivity contribution in [3.8, 4) is 28.0 Å². The van der Waals surface area contributed by atoms with Crippen LogP contribution < -0.4 is 4.74 Å². The third kappa shape index (κ3) is 5.93. The fraction of sp³-hybridized carbons (Fsp3) is 0.265. The van der Waals surface area contributed by atoms with Crippen LogP contribution in [-0.4, -0.2) is 15.1 Å². The van der Waals surface area contributed by atoms with Gasteiger partial charge in [-0.1, -0.05) is 80.5 Å². The summed E-state index contributed by atoms with van der Waals surface area (Å²) in [6.07, 6.45) is 2.64. The molecule has 3 heterocycles. The monoisotopic (exact) mass is 517 g/mol. The third-order valence-electron chi connectivity index (χ3n) is 7.05. The summed E-state index contributed by atoms with van der Waals surface area (Å²) >= 11 is 0. The van der Waals surface area contributed by atoms with Gasteiger partial charge in [-0.3, -0.25) is 9.97 Å². The number of hydrogen-bond donors (Lipinski definition) is 0. The molecule has 5 aromatic rings. The second kappa shape index (κ2) is 11.6. The van der Waals surface area contributed by atoms with E-state index in [1.165, 1.54) is 0 Å². The largest absolute Gasteiger partial charge is 0.489 e. The summed E-state index contributed by atoms with van der Waals surface area (Å²) < 4.78 is 11.5. The number of hydrogen-bond acceptors (Lipinski definition) is 5. The molecule has 1 atom stereocenters. The van der Waals surface area contributed by atoms with Crippen LogP contribution in [0.3, 0.4) is 0 Å². The number of ether oxygens (including phenoxy) is 1. The van der Waals surface area contributed by atoms with E-state index in [2.05, 4.69) is 68.4 Å². The van der Waals surface area contributed by atoms with E-state index >= 15 is 0 Å². The first-order valence-corrected chi connectivity index (χ1v) is 13.6. The van der Waals surface area contributed by atoms with Gasteiger partial charge in [-0.25, -0.2) is 0 Å². The zero-order valence-electron chi connectivity index (χ0n) is 23.3. The number of pyridine rings is 2. The van der Waals surface area contributed by atoms with Gasteiger partial charge in [0.15, 0.2) is 0 Å². The van der Waals surface area contributed by atoms with E-state index < -0.39 is 0 Å². The van der Waals surface area contributed by atoms with Crippen molar-refractivity contribution in [3.05, 3.63) is 119 Å². The maximum absolute atomic E-state index is 6.10. The lowest BCUT2D eigenvalue weighted by Crippen LogP contribution is -2.07. The van der Waals surface area contributed by atoms with E-state index in [1.807, 2.05) is 56.4 Å². The highest BCUT2D eigenvalue weighted by Gasteiger charge is 2.21. The van der Waals surface area contributed by atoms with Gasteiger partial charge < -0.3 is 9.26 Å². The van der Waals surface area contributed by atoms with Crippen LogP contribution in [0.5, 0.6) is 5.75 Å². The van der Waals surface area contributed by atoms with E-state index in [-0.39, 0.29) is 11.8 Å². The van der Waals surface area contributed by atoms with Gasteiger partial charge in [0.05, 0.1) is 17.1 Å². The summed E-state index contributed by atoms with van der Waals surface area (Å²) in [5.74, 6) is 2.11. The topological polar surface area (TPSA) is 61.0 Å². The second-order valence-corrected chi connectivity index (χ2v) is 10.4. The zero-order chi connectivity index (χ0) is 27.4. The minimum Gasteiger partial charge on any atom is -0.489 e. The minimum absolute atomic E-state index is 0.169. The lowest BCUT2D eigenvalue weighted by Gasteiger charge is -2.18. The zero-order valence-corrected chi connectivity index (χ0v) is 23.3. The fourth-order valence-electron chi connectivity index (χ4n) is 5.11. The number of rotatable bonds is 9. The molecule has 0 bridgehead atoms. The van der Waals surface area contributed by atoms with Crippen molar-refractivity contribution in [1.82, 2.24) is 15.1 Å². The van der Waals surface area contributed by atoms with E-state index in [4.69, 9.17) is 19.2 Å². The third-order valence-corrected chi connectivity index (χ3v) is 7.05. The number of nitrogens with zero attached hydrogens (tertiary/aromatic N) is 3. The highest BCUT2D eigenvalue weighted by atomic mass is 16.5. The average molecular weight is 518 g/mol. The minimum atomic E-state index is 0.169. The van der Waals surface area contributed by atoms with Crippen LogP contribution in [0.4, 0.5) is 0 Å². The van der Waals surface area contributed by atoms with Crippen LogP contribution in [0.1, 0.15) is 66.7 Å². The molecule has 5 nitrogen and oxygen atoms in total. The Kier molecular flexibility index (Phi) is 7.87. The Labute approximate surface area is 230 Å². The van der Waals surface area contributed by atoms with Gasteiger partial charge >= 0.3 is 0 Å². The smallest absolute Gasteiger partial charge is 0.141 e. The van der Waals surface area contributed by atoms with E-state index in [0.29, 0.717) is 6.61 Å². The van der Waals surface area contributed by atoms with Crippen molar-refractivity contribution < 1.29 is 9.26 Å². The molecule has 3 aromatic heterocycles. The summed E-state index contributed by atoms with van der Waals surface area (Å²) in [6.45, 7) is 11.1. The van der Waals surface area contributed by atoms with Crippen LogP contribution in [0.15, 0.2) is 89.6 Å². The lowest BCUT2D eigenvalue weighted by molar-refractivity contribution is 0.306. The summed E-state index contributed by atoms with van der Waals surface area (Å²) in [6, 6.07) is 27.0. The van der Waals surface area contributed by atoms with Crippen LogP contribution in [0.2, 0.25) is 0 Å². The van der Waals surface area contributed by atoms with Crippen LogP contribution in [0.25, 0.3) is 22.3 Å². The first-order valence-electron chi connectivity index (χ1n) is 13.6. The Morgan fingerprint density at radius 3 is 2.38 bits per heavy atom. The number of aryl methyl sites for hydroxylation is 2. The molecule has 0 aliphatic heterocycles. The van der Waals surface area contributed by atoms with Gasteiger partial charge in [-0.2, -0.15) is 0 Å². The van der Waals surface area contributed by atoms with Gasteiger partial charge in [0.2, 0.25) is 0 Å². The SMILES string of the molecule is Cc1noc(C)c1-c1cccnc1C(C)Cc1ccc(-c2cccc(OCc3ccccc3)c2)c(C(C)C)n1. The molecule has 0 saturated carbocycles. The summed E-state index contributed by atoms with van der Waals surface area (Å²) in [4.78, 5) is 9.94. The van der Waals surface area contributed by atoms with Crippen molar-refractivity contribution in [2.24, 2.45) is 0 Å². The molecular formula is C34H35N3O2. The van der Waals surface area contributed by atoms with Crippen LogP contribution in [0, 0.1) is 13.8 Å². The molecule has 2 aromatic carbocycles. The lowest BCUT2D eigenvalue weighted by atomic mass is 9.91. The molecule has 198 valence electrons. The van der Waals surface area contributed by atoms with Gasteiger partial charge in [-0.15, -0.1) is 0 Å². The molecule has 1 unspecified atom stereocenters. The van der Waals surface area contributed by atoms with E-state index in [1.54, 1.807) is 0 Å². The molecule has 5 rings (SSSR count). The molecule has 0 fully saturated rings. The maximum Gasteiger partial charge on any atom is 0.141 e. The van der Waals surface area contributed by atoms with E-state index in [9.17, 15) is 0 Å². The predicted molar refractivity (Wildman–Crippen MR) is 156 cm³/mol. The molecule has 0 N–H and O–H groups in total. The molecule has 0 spiro atoms. The van der Waals surface area contributed by atoms with Crippen molar-refractivity contribution in [3.63, 3.8) is 0 Å². The predicted octanol–water partition coefficient (Wildman–Crippen LogP) is 8.46. The fourth-order valence-corrected chi connectivity index (χ4v) is 5.11. The van der Waals surface area contributed by atoms with Crippen molar-refractivity contribution in [2.75, 3.05) is 0 Å². The molecule has 0 aliphatic carbocycles. The van der Waals surface area contributed by atoms with Crippen LogP contribution >= 0.6 is 0 Å². The highest BCUT2D eigenvalue weighted by Crippen LogP contribution is 2.35. The standard InChI is InChI=1S/C34H35N3O2/c1-22(2)33-30(27-13-9-14-29(20-27)38-21-26-11-7-6-8-12-26)17-16-28(36-33)19-23(3)34-31(15-10-18-35-34)32-24(4)37-39-25(32)5/h6-18,20,22-23H,19,21H2,1-5H3. The molecule has 0 amide bonds. The average Bonchev–Trinajstić information content (AvgIpc) is 3.29. The molecule has 0 radical (unpaired) electrons. The Morgan fingerprint density at radius 2 is 1.64 bits per heavy atom. The molecular weight excluding hydrogens is 482 g/mol. The van der Waals surface area contributed by atoms with Gasteiger partial charge in [0.25, 0.3) is 0 Å². The normalized spacial score (nSPS) is 12.1. The van der Waals surface area contributed by atoms with E-state index in [0.717, 1.165) is 68.5 Å². The van der Waals surface area contributed by atoms with Gasteiger partial charge in [-0.05, 0) is 61.6 Å². The van der Waals surface area contributed by atoms with Crippen molar-refractivity contribution in [1.29, 1.82) is 0 Å².